The van der Waals surface area contributed by atoms with E-state index in [1.54, 1.807) is 24.3 Å². The van der Waals surface area contributed by atoms with Crippen molar-refractivity contribution in [3.05, 3.63) is 65.5 Å². The van der Waals surface area contributed by atoms with Crippen LogP contribution in [0.25, 0.3) is 0 Å². The van der Waals surface area contributed by atoms with Gasteiger partial charge in [0.05, 0.1) is 6.04 Å². The molecule has 2 aromatic carbocycles. The number of aromatic hydroxyl groups is 1. The molecule has 98 valence electrons. The number of nitrogens with one attached hydrogen (secondary N) is 1. The smallest absolute Gasteiger partial charge is 0.251 e. The zero-order valence-corrected chi connectivity index (χ0v) is 10.4. The van der Waals surface area contributed by atoms with Gasteiger partial charge >= 0.3 is 0 Å². The zero-order chi connectivity index (χ0) is 13.8. The molecule has 0 aliphatic rings. The van der Waals surface area contributed by atoms with Crippen LogP contribution in [0.5, 0.6) is 5.75 Å². The van der Waals surface area contributed by atoms with Gasteiger partial charge in [-0.25, -0.2) is 4.39 Å². The Labute approximate surface area is 110 Å². The van der Waals surface area contributed by atoms with Crippen molar-refractivity contribution in [2.75, 3.05) is 0 Å². The van der Waals surface area contributed by atoms with E-state index in [0.29, 0.717) is 5.56 Å². The van der Waals surface area contributed by atoms with E-state index >= 15 is 0 Å². The molecule has 0 heterocycles. The quantitative estimate of drug-likeness (QED) is 0.890. The molecule has 0 radical (unpaired) electrons. The van der Waals surface area contributed by atoms with E-state index in [2.05, 4.69) is 5.32 Å². The molecule has 0 aliphatic carbocycles. The molecule has 1 unspecified atom stereocenters. The lowest BCUT2D eigenvalue weighted by atomic mass is 10.1. The molecule has 1 atom stereocenters. The second-order valence-electron chi connectivity index (χ2n) is 4.30. The summed E-state index contributed by atoms with van der Waals surface area (Å²) in [7, 11) is 0. The van der Waals surface area contributed by atoms with Gasteiger partial charge in [-0.15, -0.1) is 0 Å². The first kappa shape index (κ1) is 13.1. The Balaban J connectivity index is 2.08. The minimum absolute atomic E-state index is 0.0436. The molecule has 19 heavy (non-hydrogen) atoms. The molecule has 0 saturated carbocycles. The lowest BCUT2D eigenvalue weighted by Crippen LogP contribution is -2.26. The summed E-state index contributed by atoms with van der Waals surface area (Å²) in [6, 6.07) is 11.8. The number of amides is 1. The summed E-state index contributed by atoms with van der Waals surface area (Å²) >= 11 is 0. The van der Waals surface area contributed by atoms with Crippen molar-refractivity contribution in [3.63, 3.8) is 0 Å². The van der Waals surface area contributed by atoms with Crippen LogP contribution < -0.4 is 5.32 Å². The average molecular weight is 259 g/mol. The van der Waals surface area contributed by atoms with Crippen LogP contribution in [0.4, 0.5) is 4.39 Å². The number of carbonyl (C=O) groups is 1. The highest BCUT2D eigenvalue weighted by molar-refractivity contribution is 5.94. The third kappa shape index (κ3) is 3.31. The average Bonchev–Trinajstić information content (AvgIpc) is 2.39. The van der Waals surface area contributed by atoms with Crippen molar-refractivity contribution < 1.29 is 14.3 Å². The summed E-state index contributed by atoms with van der Waals surface area (Å²) in [6.07, 6.45) is 0. The zero-order valence-electron chi connectivity index (χ0n) is 10.4. The fraction of sp³-hybridized carbons (Fsp3) is 0.133. The normalized spacial score (nSPS) is 11.9. The largest absolute Gasteiger partial charge is 0.508 e. The fourth-order valence-corrected chi connectivity index (χ4v) is 1.76. The summed E-state index contributed by atoms with van der Waals surface area (Å²) in [6.45, 7) is 1.81. The van der Waals surface area contributed by atoms with Crippen LogP contribution in [0.15, 0.2) is 48.5 Å². The van der Waals surface area contributed by atoms with Crippen molar-refractivity contribution in [1.82, 2.24) is 5.32 Å². The Morgan fingerprint density at radius 2 is 1.89 bits per heavy atom. The third-order valence-corrected chi connectivity index (χ3v) is 2.83. The second-order valence-corrected chi connectivity index (χ2v) is 4.30. The number of halogens is 1. The summed E-state index contributed by atoms with van der Waals surface area (Å²) in [5.74, 6) is -0.551. The second kappa shape index (κ2) is 5.52. The van der Waals surface area contributed by atoms with Crippen LogP contribution >= 0.6 is 0 Å². The van der Waals surface area contributed by atoms with Crippen LogP contribution in [0.1, 0.15) is 28.9 Å². The van der Waals surface area contributed by atoms with Crippen LogP contribution in [-0.2, 0) is 0 Å². The van der Waals surface area contributed by atoms with Gasteiger partial charge in [-0.05, 0) is 42.8 Å². The van der Waals surface area contributed by atoms with E-state index in [9.17, 15) is 14.3 Å². The molecule has 0 saturated heterocycles. The van der Waals surface area contributed by atoms with E-state index in [1.807, 2.05) is 6.92 Å². The summed E-state index contributed by atoms with van der Waals surface area (Å²) in [4.78, 5) is 12.0. The molecule has 2 aromatic rings. The van der Waals surface area contributed by atoms with Crippen molar-refractivity contribution in [2.24, 2.45) is 0 Å². The standard InChI is InChI=1S/C15H14FNO2/c1-10(11-5-7-13(16)8-6-11)17-15(19)12-3-2-4-14(18)9-12/h2-10,18H,1H3,(H,17,19). The Morgan fingerprint density at radius 3 is 2.53 bits per heavy atom. The molecule has 0 fully saturated rings. The lowest BCUT2D eigenvalue weighted by molar-refractivity contribution is 0.0939. The van der Waals surface area contributed by atoms with Crippen LogP contribution in [0.3, 0.4) is 0 Å². The number of hydrogen-bond donors (Lipinski definition) is 2. The summed E-state index contributed by atoms with van der Waals surface area (Å²) < 4.78 is 12.8. The number of rotatable bonds is 3. The minimum atomic E-state index is -0.310. The van der Waals surface area contributed by atoms with Gasteiger partial charge in [0, 0.05) is 5.56 Å². The third-order valence-electron chi connectivity index (χ3n) is 2.83. The number of carbonyl (C=O) groups excluding carboxylic acids is 1. The predicted molar refractivity (Wildman–Crippen MR) is 70.4 cm³/mol. The minimum Gasteiger partial charge on any atom is -0.508 e. The Bertz CT molecular complexity index is 581. The van der Waals surface area contributed by atoms with Crippen LogP contribution in [0, 0.1) is 5.82 Å². The lowest BCUT2D eigenvalue weighted by Gasteiger charge is -2.14. The van der Waals surface area contributed by atoms with Crippen molar-refractivity contribution >= 4 is 5.91 Å². The van der Waals surface area contributed by atoms with Gasteiger partial charge in [0.2, 0.25) is 0 Å². The number of hydrogen-bond acceptors (Lipinski definition) is 2. The molecule has 2 rings (SSSR count). The molecular weight excluding hydrogens is 245 g/mol. The van der Waals surface area contributed by atoms with E-state index in [4.69, 9.17) is 0 Å². The maximum Gasteiger partial charge on any atom is 0.251 e. The van der Waals surface area contributed by atoms with Gasteiger partial charge in [-0.1, -0.05) is 18.2 Å². The molecule has 0 aromatic heterocycles. The first-order valence-corrected chi connectivity index (χ1v) is 5.91. The van der Waals surface area contributed by atoms with Crippen molar-refractivity contribution in [1.29, 1.82) is 0 Å². The molecule has 3 nitrogen and oxygen atoms in total. The Hall–Kier alpha value is -2.36. The first-order valence-electron chi connectivity index (χ1n) is 5.91. The molecule has 0 spiro atoms. The van der Waals surface area contributed by atoms with Crippen LogP contribution in [-0.4, -0.2) is 11.0 Å². The monoisotopic (exact) mass is 259 g/mol. The SMILES string of the molecule is CC(NC(=O)c1cccc(O)c1)c1ccc(F)cc1. The molecule has 2 N–H and O–H groups in total. The topological polar surface area (TPSA) is 49.3 Å². The maximum atomic E-state index is 12.8. The first-order chi connectivity index (χ1) is 9.06. The van der Waals surface area contributed by atoms with Gasteiger partial charge in [-0.2, -0.15) is 0 Å². The molecule has 1 amide bonds. The Morgan fingerprint density at radius 1 is 1.21 bits per heavy atom. The van der Waals surface area contributed by atoms with E-state index in [0.717, 1.165) is 5.56 Å². The maximum absolute atomic E-state index is 12.8. The highest BCUT2D eigenvalue weighted by atomic mass is 19.1. The van der Waals surface area contributed by atoms with Gasteiger partial charge < -0.3 is 10.4 Å². The molecule has 0 aliphatic heterocycles. The highest BCUT2D eigenvalue weighted by Crippen LogP contribution is 2.15. The molecule has 4 heteroatoms. The van der Waals surface area contributed by atoms with E-state index < -0.39 is 0 Å². The highest BCUT2D eigenvalue weighted by Gasteiger charge is 2.11. The number of benzene rings is 2. The summed E-state index contributed by atoms with van der Waals surface area (Å²) in [5, 5.41) is 12.1. The van der Waals surface area contributed by atoms with Gasteiger partial charge in [-0.3, -0.25) is 4.79 Å². The molecular formula is C15H14FNO2. The van der Waals surface area contributed by atoms with Crippen molar-refractivity contribution in [3.8, 4) is 5.75 Å². The van der Waals surface area contributed by atoms with Gasteiger partial charge in [0.25, 0.3) is 5.91 Å². The van der Waals surface area contributed by atoms with Gasteiger partial charge in [0.1, 0.15) is 11.6 Å². The number of phenolic OH excluding ortho intramolecular Hbond substituents is 1. The van der Waals surface area contributed by atoms with Crippen molar-refractivity contribution in [2.45, 2.75) is 13.0 Å². The fourth-order valence-electron chi connectivity index (χ4n) is 1.76. The number of phenols is 1. The molecule has 0 bridgehead atoms. The predicted octanol–water partition coefficient (Wildman–Crippen LogP) is 3.02. The van der Waals surface area contributed by atoms with E-state index in [1.165, 1.54) is 24.3 Å². The Kier molecular flexibility index (Phi) is 3.80. The van der Waals surface area contributed by atoms with Crippen LogP contribution in [0.2, 0.25) is 0 Å². The van der Waals surface area contributed by atoms with Gasteiger partial charge in [0.15, 0.2) is 0 Å². The summed E-state index contributed by atoms with van der Waals surface area (Å²) in [5.41, 5.74) is 1.20. The van der Waals surface area contributed by atoms with E-state index in [-0.39, 0.29) is 23.5 Å².